The first-order chi connectivity index (χ1) is 9.31. The van der Waals surface area contributed by atoms with Crippen molar-refractivity contribution in [3.8, 4) is 0 Å². The smallest absolute Gasteiger partial charge is 0.221 e. The summed E-state index contributed by atoms with van der Waals surface area (Å²) in [5, 5.41) is 7.33. The topological polar surface area (TPSA) is 54.0 Å². The van der Waals surface area contributed by atoms with Crippen molar-refractivity contribution in [2.45, 2.75) is 31.8 Å². The van der Waals surface area contributed by atoms with Crippen molar-refractivity contribution < 1.29 is 4.79 Å². The second-order valence-corrected chi connectivity index (χ2v) is 5.96. The van der Waals surface area contributed by atoms with Crippen LogP contribution in [-0.2, 0) is 11.3 Å². The highest BCUT2D eigenvalue weighted by Crippen LogP contribution is 2.21. The lowest BCUT2D eigenvalue weighted by molar-refractivity contribution is -0.121. The lowest BCUT2D eigenvalue weighted by Crippen LogP contribution is -2.28. The predicted molar refractivity (Wildman–Crippen MR) is 77.1 cm³/mol. The number of nitrogens with one attached hydrogen (secondary N) is 2. The maximum Gasteiger partial charge on any atom is 0.221 e. The van der Waals surface area contributed by atoms with Crippen LogP contribution in [0.25, 0.3) is 10.2 Å². The Bertz CT molecular complexity index is 544. The lowest BCUT2D eigenvalue weighted by Gasteiger charge is -2.03. The van der Waals surface area contributed by atoms with Crippen LogP contribution >= 0.6 is 11.3 Å². The minimum absolute atomic E-state index is 0.152. The molecule has 3 rings (SSSR count). The van der Waals surface area contributed by atoms with Crippen molar-refractivity contribution in [3.63, 3.8) is 0 Å². The molecule has 2 aromatic rings. The van der Waals surface area contributed by atoms with Crippen LogP contribution in [0.2, 0.25) is 0 Å². The van der Waals surface area contributed by atoms with Gasteiger partial charge >= 0.3 is 0 Å². The number of thiazole rings is 1. The summed E-state index contributed by atoms with van der Waals surface area (Å²) in [7, 11) is 0. The molecule has 0 unspecified atom stereocenters. The number of para-hydroxylation sites is 1. The third-order valence-electron chi connectivity index (χ3n) is 3.09. The van der Waals surface area contributed by atoms with Gasteiger partial charge in [0.25, 0.3) is 0 Å². The minimum Gasteiger partial charge on any atom is -0.353 e. The molecule has 0 bridgehead atoms. The van der Waals surface area contributed by atoms with Crippen molar-refractivity contribution in [2.75, 3.05) is 6.54 Å². The summed E-state index contributed by atoms with van der Waals surface area (Å²) in [6.45, 7) is 1.44. The molecule has 100 valence electrons. The summed E-state index contributed by atoms with van der Waals surface area (Å²) >= 11 is 1.70. The number of hydrogen-bond donors (Lipinski definition) is 2. The third kappa shape index (κ3) is 3.52. The number of carbonyl (C=O) groups excluding carboxylic acids is 1. The molecule has 0 saturated heterocycles. The van der Waals surface area contributed by atoms with Gasteiger partial charge in [-0.1, -0.05) is 12.1 Å². The summed E-state index contributed by atoms with van der Waals surface area (Å²) in [6.07, 6.45) is 2.83. The molecule has 1 aromatic carbocycles. The zero-order chi connectivity index (χ0) is 13.1. The summed E-state index contributed by atoms with van der Waals surface area (Å²) in [5.41, 5.74) is 1.05. The van der Waals surface area contributed by atoms with E-state index in [4.69, 9.17) is 0 Å². The Labute approximate surface area is 116 Å². The Balaban J connectivity index is 1.42. The monoisotopic (exact) mass is 275 g/mol. The molecule has 1 heterocycles. The van der Waals surface area contributed by atoms with Gasteiger partial charge in [-0.3, -0.25) is 4.79 Å². The Morgan fingerprint density at radius 2 is 2.21 bits per heavy atom. The van der Waals surface area contributed by atoms with Crippen LogP contribution in [0, 0.1) is 0 Å². The van der Waals surface area contributed by atoms with E-state index in [0.717, 1.165) is 29.9 Å². The zero-order valence-electron chi connectivity index (χ0n) is 10.7. The Morgan fingerprint density at radius 1 is 1.37 bits per heavy atom. The normalized spacial score (nSPS) is 14.7. The first-order valence-corrected chi connectivity index (χ1v) is 7.47. The molecule has 1 fully saturated rings. The number of aromatic nitrogens is 1. The van der Waals surface area contributed by atoms with Gasteiger partial charge < -0.3 is 10.6 Å². The highest BCUT2D eigenvalue weighted by molar-refractivity contribution is 7.18. The quantitative estimate of drug-likeness (QED) is 0.793. The Kier molecular flexibility index (Phi) is 3.75. The Hall–Kier alpha value is -1.46. The lowest BCUT2D eigenvalue weighted by atomic mass is 10.3. The maximum absolute atomic E-state index is 11.5. The van der Waals surface area contributed by atoms with E-state index in [0.29, 0.717) is 19.0 Å². The van der Waals surface area contributed by atoms with Crippen LogP contribution in [0.3, 0.4) is 0 Å². The van der Waals surface area contributed by atoms with Gasteiger partial charge in [0.1, 0.15) is 5.01 Å². The van der Waals surface area contributed by atoms with Gasteiger partial charge in [0.05, 0.1) is 10.2 Å². The predicted octanol–water partition coefficient (Wildman–Crippen LogP) is 2.05. The number of nitrogens with zero attached hydrogens (tertiary/aromatic N) is 1. The van der Waals surface area contributed by atoms with Gasteiger partial charge in [0.2, 0.25) is 5.91 Å². The van der Waals surface area contributed by atoms with Crippen molar-refractivity contribution in [3.05, 3.63) is 29.3 Å². The molecule has 0 spiro atoms. The molecule has 1 saturated carbocycles. The third-order valence-corrected chi connectivity index (χ3v) is 4.12. The highest BCUT2D eigenvalue weighted by atomic mass is 32.1. The van der Waals surface area contributed by atoms with E-state index in [1.54, 1.807) is 11.3 Å². The van der Waals surface area contributed by atoms with Gasteiger partial charge in [-0.15, -0.1) is 11.3 Å². The number of carbonyl (C=O) groups is 1. The van der Waals surface area contributed by atoms with Gasteiger partial charge in [-0.2, -0.15) is 0 Å². The molecule has 1 aromatic heterocycles. The van der Waals surface area contributed by atoms with Crippen LogP contribution in [0.5, 0.6) is 0 Å². The van der Waals surface area contributed by atoms with Crippen LogP contribution in [0.15, 0.2) is 24.3 Å². The molecule has 0 aliphatic heterocycles. The second kappa shape index (κ2) is 5.67. The SMILES string of the molecule is O=C(CCNCc1nc2ccccc2s1)NC1CC1. The number of hydrogen-bond acceptors (Lipinski definition) is 4. The second-order valence-electron chi connectivity index (χ2n) is 4.84. The first kappa shape index (κ1) is 12.6. The molecule has 1 aliphatic rings. The molecule has 2 N–H and O–H groups in total. The van der Waals surface area contributed by atoms with E-state index in [1.165, 1.54) is 4.70 Å². The fourth-order valence-electron chi connectivity index (χ4n) is 1.92. The van der Waals surface area contributed by atoms with Crippen molar-refractivity contribution >= 4 is 27.5 Å². The van der Waals surface area contributed by atoms with E-state index < -0.39 is 0 Å². The zero-order valence-corrected chi connectivity index (χ0v) is 11.5. The summed E-state index contributed by atoms with van der Waals surface area (Å²) in [4.78, 5) is 16.0. The molecule has 4 nitrogen and oxygen atoms in total. The molecule has 19 heavy (non-hydrogen) atoms. The van der Waals surface area contributed by atoms with Gasteiger partial charge in [0.15, 0.2) is 0 Å². The first-order valence-electron chi connectivity index (χ1n) is 6.66. The van der Waals surface area contributed by atoms with Crippen molar-refractivity contribution in [1.82, 2.24) is 15.6 Å². The minimum atomic E-state index is 0.152. The standard InChI is InChI=1S/C14H17N3OS/c18-13(16-10-5-6-10)7-8-15-9-14-17-11-3-1-2-4-12(11)19-14/h1-4,10,15H,5-9H2,(H,16,18). The molecule has 0 atom stereocenters. The van der Waals surface area contributed by atoms with E-state index in [2.05, 4.69) is 21.7 Å². The summed E-state index contributed by atoms with van der Waals surface area (Å²) in [6, 6.07) is 8.59. The molecule has 5 heteroatoms. The fraction of sp³-hybridized carbons (Fsp3) is 0.429. The maximum atomic E-state index is 11.5. The van der Waals surface area contributed by atoms with E-state index >= 15 is 0 Å². The van der Waals surface area contributed by atoms with Crippen LogP contribution in [0.1, 0.15) is 24.3 Å². The fourth-order valence-corrected chi connectivity index (χ4v) is 2.86. The number of fused-ring (bicyclic) bond motifs is 1. The number of amides is 1. The van der Waals surface area contributed by atoms with Crippen molar-refractivity contribution in [2.24, 2.45) is 0 Å². The average Bonchev–Trinajstić information content (AvgIpc) is 3.11. The summed E-state index contributed by atoms with van der Waals surface area (Å²) < 4.78 is 1.21. The van der Waals surface area contributed by atoms with Crippen LogP contribution < -0.4 is 10.6 Å². The van der Waals surface area contributed by atoms with Crippen LogP contribution in [0.4, 0.5) is 0 Å². The largest absolute Gasteiger partial charge is 0.353 e. The van der Waals surface area contributed by atoms with E-state index in [9.17, 15) is 4.79 Å². The number of rotatable bonds is 6. The average molecular weight is 275 g/mol. The molecule has 0 radical (unpaired) electrons. The van der Waals surface area contributed by atoms with Gasteiger partial charge in [0, 0.05) is 25.6 Å². The Morgan fingerprint density at radius 3 is 3.00 bits per heavy atom. The van der Waals surface area contributed by atoms with Crippen molar-refractivity contribution in [1.29, 1.82) is 0 Å². The highest BCUT2D eigenvalue weighted by Gasteiger charge is 2.22. The van der Waals surface area contributed by atoms with E-state index in [1.807, 2.05) is 18.2 Å². The summed E-state index contributed by atoms with van der Waals surface area (Å²) in [5.74, 6) is 0.152. The van der Waals surface area contributed by atoms with Crippen LogP contribution in [-0.4, -0.2) is 23.5 Å². The van der Waals surface area contributed by atoms with Gasteiger partial charge in [-0.25, -0.2) is 4.98 Å². The van der Waals surface area contributed by atoms with E-state index in [-0.39, 0.29) is 5.91 Å². The molecule has 1 amide bonds. The molecular weight excluding hydrogens is 258 g/mol. The van der Waals surface area contributed by atoms with Gasteiger partial charge in [-0.05, 0) is 25.0 Å². The number of benzene rings is 1. The molecule has 1 aliphatic carbocycles. The molecular formula is C14H17N3OS.